The molecule has 0 fully saturated rings. The van der Waals surface area contributed by atoms with Crippen molar-refractivity contribution in [3.63, 3.8) is 0 Å². The molecule has 0 spiro atoms. The molecule has 27 heavy (non-hydrogen) atoms. The van der Waals surface area contributed by atoms with Crippen LogP contribution in [0.5, 0.6) is 0 Å². The van der Waals surface area contributed by atoms with E-state index >= 15 is 0 Å². The van der Waals surface area contributed by atoms with E-state index in [4.69, 9.17) is 12.7 Å². The highest BCUT2D eigenvalue weighted by atomic mass is 28.5. The van der Waals surface area contributed by atoms with Crippen LogP contribution in [0, 0.1) is 0 Å². The highest BCUT2D eigenvalue weighted by molar-refractivity contribution is 6.88. The van der Waals surface area contributed by atoms with Gasteiger partial charge in [0.05, 0.1) is 13.3 Å². The van der Waals surface area contributed by atoms with Crippen LogP contribution in [0.3, 0.4) is 0 Å². The van der Waals surface area contributed by atoms with E-state index in [-0.39, 0.29) is 5.97 Å². The van der Waals surface area contributed by atoms with Crippen molar-refractivity contribution in [2.24, 2.45) is 0 Å². The lowest BCUT2D eigenvalue weighted by atomic mass is 10.4. The van der Waals surface area contributed by atoms with Gasteiger partial charge in [0.1, 0.15) is 0 Å². The maximum Gasteiger partial charge on any atom is 0.332 e. The second-order valence-corrected chi connectivity index (χ2v) is 27.6. The predicted octanol–water partition coefficient (Wildman–Crippen LogP) is 4.04. The number of carbonyl (C=O) groups excluding carboxylic acids is 1. The Morgan fingerprint density at radius 1 is 0.926 bits per heavy atom. The molecule has 5 nitrogen and oxygen atoms in total. The van der Waals surface area contributed by atoms with Crippen molar-refractivity contribution >= 4 is 49.7 Å². The first-order valence-electron chi connectivity index (χ1n) is 9.64. The van der Waals surface area contributed by atoms with Gasteiger partial charge in [0, 0.05) is 15.8 Å². The molecule has 0 aromatic heterocycles. The molecule has 1 atom stereocenters. The number of ether oxygens (including phenoxy) is 1. The van der Waals surface area contributed by atoms with Crippen molar-refractivity contribution in [2.75, 3.05) is 13.3 Å². The van der Waals surface area contributed by atoms with E-state index in [0.717, 1.165) is 12.3 Å². The Kier molecular flexibility index (Phi) is 13.1. The molecule has 0 aliphatic heterocycles. The monoisotopic (exact) mass is 468 g/mol. The highest BCUT2D eigenvalue weighted by Crippen LogP contribution is 2.25. The topological polar surface area (TPSA) is 54.0 Å². The second-order valence-electron chi connectivity index (χ2n) is 9.63. The lowest BCUT2D eigenvalue weighted by molar-refractivity contribution is -0.136. The first-order chi connectivity index (χ1) is 11.9. The molecule has 0 bridgehead atoms. The molecule has 0 aliphatic carbocycles. The molecule has 162 valence electrons. The van der Waals surface area contributed by atoms with Crippen molar-refractivity contribution in [1.29, 1.82) is 0 Å². The Bertz CT molecular complexity index is 471. The first kappa shape index (κ1) is 29.4. The molecule has 0 amide bonds. The number of methoxy groups -OCH3 is 1. The summed E-state index contributed by atoms with van der Waals surface area (Å²) < 4.78 is 23.5. The summed E-state index contributed by atoms with van der Waals surface area (Å²) in [5.74, 6) is -0.347. The molecule has 0 N–H and O–H groups in total. The summed E-state index contributed by atoms with van der Waals surface area (Å²) in [5.41, 5.74) is 0.433. The van der Waals surface area contributed by atoms with Gasteiger partial charge in [-0.15, -0.1) is 0 Å². The van der Waals surface area contributed by atoms with Crippen LogP contribution in [0.25, 0.3) is 0 Å². The Hall–Kier alpha value is 0.174. The molecule has 0 radical (unpaired) electrons. The molecular formula is C17H44O5Si5. The molecule has 0 saturated carbocycles. The minimum absolute atomic E-state index is 0.347. The van der Waals surface area contributed by atoms with Crippen LogP contribution in [-0.2, 0) is 22.2 Å². The fraction of sp³-hybridized carbons (Fsp3) is 0.824. The summed E-state index contributed by atoms with van der Waals surface area (Å²) in [4.78, 5) is 10.2. The number of esters is 1. The Morgan fingerprint density at radius 3 is 1.67 bits per heavy atom. The van der Waals surface area contributed by atoms with E-state index in [9.17, 15) is 4.79 Å². The van der Waals surface area contributed by atoms with Crippen molar-refractivity contribution in [3.8, 4) is 0 Å². The summed E-state index contributed by atoms with van der Waals surface area (Å²) in [6.45, 7) is 25.3. The highest BCUT2D eigenvalue weighted by Gasteiger charge is 2.41. The van der Waals surface area contributed by atoms with Crippen molar-refractivity contribution in [3.05, 3.63) is 12.2 Å². The average Bonchev–Trinajstić information content (AvgIpc) is 2.41. The standard InChI is InChI=1S/C12H36O3Si5.C5H8O2/c1-17(2,3)13-12-19(7,8)15-20(9,11-10-16)14-18(4,5)6;1-4(2)5(6)7-3/h10-12H2,1-9,16H3;1H2,2-3H3. The predicted molar refractivity (Wildman–Crippen MR) is 130 cm³/mol. The molecule has 10 heteroatoms. The zero-order valence-corrected chi connectivity index (χ0v) is 25.9. The molecule has 0 heterocycles. The van der Waals surface area contributed by atoms with Crippen LogP contribution in [-0.4, -0.2) is 63.1 Å². The lowest BCUT2D eigenvalue weighted by Crippen LogP contribution is -2.55. The number of hydrogen-bond donors (Lipinski definition) is 0. The minimum atomic E-state index is -2.02. The van der Waals surface area contributed by atoms with Crippen molar-refractivity contribution in [2.45, 2.75) is 77.9 Å². The van der Waals surface area contributed by atoms with Crippen LogP contribution in [0.2, 0.25) is 71.0 Å². The van der Waals surface area contributed by atoms with E-state index in [2.05, 4.69) is 70.2 Å². The van der Waals surface area contributed by atoms with Gasteiger partial charge in [0.2, 0.25) is 0 Å². The zero-order valence-electron chi connectivity index (χ0n) is 19.9. The first-order valence-corrected chi connectivity index (χ1v) is 23.5. The van der Waals surface area contributed by atoms with Crippen LogP contribution in [0.1, 0.15) is 6.92 Å². The minimum Gasteiger partial charge on any atom is -0.466 e. The SMILES string of the molecule is C=C(C)C(=O)OC.C[Si](C)(C)OC[Si](C)(C)O[Si](C)(CC[SiH3])O[Si](C)(C)C. The van der Waals surface area contributed by atoms with E-state index in [0.29, 0.717) is 5.57 Å². The molecule has 0 saturated heterocycles. The summed E-state index contributed by atoms with van der Waals surface area (Å²) in [6, 6.07) is 2.42. The number of hydrogen-bond acceptors (Lipinski definition) is 5. The maximum absolute atomic E-state index is 10.2. The fourth-order valence-electron chi connectivity index (χ4n) is 2.40. The molecule has 0 aromatic carbocycles. The third kappa shape index (κ3) is 18.0. The average molecular weight is 469 g/mol. The van der Waals surface area contributed by atoms with Gasteiger partial charge in [-0.05, 0) is 71.9 Å². The molecule has 0 aliphatic rings. The number of rotatable bonds is 10. The quantitative estimate of drug-likeness (QED) is 0.275. The maximum atomic E-state index is 10.2. The summed E-state index contributed by atoms with van der Waals surface area (Å²) in [6.07, 6.45) is 0.807. The Balaban J connectivity index is 0. The molecule has 1 unspecified atom stereocenters. The Labute approximate surface area is 175 Å². The van der Waals surface area contributed by atoms with E-state index in [1.165, 1.54) is 23.4 Å². The number of carbonyl (C=O) groups is 1. The summed E-state index contributed by atoms with van der Waals surface area (Å²) in [5, 5.41) is 0. The van der Waals surface area contributed by atoms with Gasteiger partial charge in [-0.2, -0.15) is 0 Å². The van der Waals surface area contributed by atoms with Gasteiger partial charge in [-0.25, -0.2) is 4.79 Å². The van der Waals surface area contributed by atoms with Crippen LogP contribution in [0.15, 0.2) is 12.2 Å². The van der Waals surface area contributed by atoms with Crippen LogP contribution < -0.4 is 0 Å². The van der Waals surface area contributed by atoms with Gasteiger partial charge >= 0.3 is 14.5 Å². The third-order valence-corrected chi connectivity index (χ3v) is 16.3. The Morgan fingerprint density at radius 2 is 1.41 bits per heavy atom. The van der Waals surface area contributed by atoms with E-state index < -0.39 is 33.5 Å². The van der Waals surface area contributed by atoms with E-state index in [1.807, 2.05) is 0 Å². The molecule has 0 aromatic rings. The van der Waals surface area contributed by atoms with Gasteiger partial charge in [0.25, 0.3) is 0 Å². The van der Waals surface area contributed by atoms with Crippen LogP contribution in [0.4, 0.5) is 0 Å². The van der Waals surface area contributed by atoms with E-state index in [1.54, 1.807) is 6.92 Å². The second kappa shape index (κ2) is 12.0. The van der Waals surface area contributed by atoms with Crippen molar-refractivity contribution in [1.82, 2.24) is 0 Å². The molecular weight excluding hydrogens is 425 g/mol. The van der Waals surface area contributed by atoms with Gasteiger partial charge in [-0.3, -0.25) is 0 Å². The molecule has 0 rings (SSSR count). The normalized spacial score (nSPS) is 14.8. The fourth-order valence-corrected chi connectivity index (χ4v) is 20.6. The largest absolute Gasteiger partial charge is 0.466 e. The zero-order chi connectivity index (χ0) is 22.1. The van der Waals surface area contributed by atoms with Crippen molar-refractivity contribution < 1.29 is 22.2 Å². The summed E-state index contributed by atoms with van der Waals surface area (Å²) in [7, 11) is -4.27. The van der Waals surface area contributed by atoms with Gasteiger partial charge in [0.15, 0.2) is 25.0 Å². The smallest absolute Gasteiger partial charge is 0.332 e. The third-order valence-electron chi connectivity index (χ3n) is 3.11. The van der Waals surface area contributed by atoms with Gasteiger partial charge in [-0.1, -0.05) is 12.6 Å². The lowest BCUT2D eigenvalue weighted by Gasteiger charge is -2.40. The van der Waals surface area contributed by atoms with Crippen LogP contribution >= 0.6 is 0 Å². The van der Waals surface area contributed by atoms with Gasteiger partial charge < -0.3 is 17.4 Å². The summed E-state index contributed by atoms with van der Waals surface area (Å²) >= 11 is 0.